The van der Waals surface area contributed by atoms with E-state index in [4.69, 9.17) is 5.73 Å². The molecular weight excluding hydrogens is 312 g/mol. The lowest BCUT2D eigenvalue weighted by Gasteiger charge is -2.21. The van der Waals surface area contributed by atoms with Crippen molar-refractivity contribution in [2.45, 2.75) is 31.8 Å². The number of anilines is 2. The Labute approximate surface area is 147 Å². The summed E-state index contributed by atoms with van der Waals surface area (Å²) < 4.78 is 2.18. The number of pyridine rings is 2. The molecule has 3 N–H and O–H groups in total. The van der Waals surface area contributed by atoms with E-state index in [1.54, 1.807) is 0 Å². The van der Waals surface area contributed by atoms with Crippen LogP contribution in [0, 0.1) is 0 Å². The molecule has 25 heavy (non-hydrogen) atoms. The van der Waals surface area contributed by atoms with E-state index >= 15 is 0 Å². The van der Waals surface area contributed by atoms with Gasteiger partial charge in [-0.3, -0.25) is 4.90 Å². The lowest BCUT2D eigenvalue weighted by molar-refractivity contribution is 0.272. The summed E-state index contributed by atoms with van der Waals surface area (Å²) in [6, 6.07) is 10.7. The van der Waals surface area contributed by atoms with Crippen molar-refractivity contribution in [2.75, 3.05) is 24.1 Å². The number of nitrogens with zero attached hydrogens (tertiary/aromatic N) is 4. The third kappa shape index (κ3) is 3.74. The summed E-state index contributed by atoms with van der Waals surface area (Å²) in [5.41, 5.74) is 9.02. The molecule has 0 bridgehead atoms. The van der Waals surface area contributed by atoms with Crippen LogP contribution in [0.5, 0.6) is 0 Å². The van der Waals surface area contributed by atoms with Gasteiger partial charge in [0.25, 0.3) is 0 Å². The lowest BCUT2D eigenvalue weighted by atomic mass is 10.1. The number of fused-ring (bicyclic) bond motifs is 1. The van der Waals surface area contributed by atoms with E-state index in [9.17, 15) is 0 Å². The van der Waals surface area contributed by atoms with Crippen molar-refractivity contribution in [1.82, 2.24) is 19.3 Å². The van der Waals surface area contributed by atoms with Gasteiger partial charge in [0.05, 0.1) is 11.9 Å². The van der Waals surface area contributed by atoms with Crippen LogP contribution >= 0.6 is 0 Å². The van der Waals surface area contributed by atoms with E-state index in [-0.39, 0.29) is 0 Å². The van der Waals surface area contributed by atoms with Crippen molar-refractivity contribution < 1.29 is 0 Å². The van der Waals surface area contributed by atoms with Crippen molar-refractivity contribution in [3.05, 3.63) is 54.6 Å². The molecule has 6 heteroatoms. The van der Waals surface area contributed by atoms with Crippen LogP contribution in [0.25, 0.3) is 5.65 Å². The molecule has 1 aliphatic heterocycles. The van der Waals surface area contributed by atoms with Gasteiger partial charge in [-0.2, -0.15) is 0 Å². The molecule has 1 atom stereocenters. The second kappa shape index (κ2) is 7.11. The topological polar surface area (TPSA) is 71.5 Å². The maximum atomic E-state index is 5.66. The molecule has 4 rings (SSSR count). The van der Waals surface area contributed by atoms with Crippen molar-refractivity contribution in [3.63, 3.8) is 0 Å². The van der Waals surface area contributed by atoms with Crippen LogP contribution in [0.2, 0.25) is 0 Å². The quantitative estimate of drug-likeness (QED) is 0.766. The van der Waals surface area contributed by atoms with Gasteiger partial charge >= 0.3 is 0 Å². The average Bonchev–Trinajstić information content (AvgIpc) is 3.00. The summed E-state index contributed by atoms with van der Waals surface area (Å²) in [5, 5.41) is 3.60. The first-order chi connectivity index (χ1) is 12.3. The Morgan fingerprint density at radius 1 is 1.12 bits per heavy atom. The number of likely N-dealkylation sites (tertiary alicyclic amines) is 1. The fourth-order valence-electron chi connectivity index (χ4n) is 3.55. The molecule has 1 aliphatic rings. The predicted octanol–water partition coefficient (Wildman–Crippen LogP) is 2.78. The highest BCUT2D eigenvalue weighted by Crippen LogP contribution is 2.18. The summed E-state index contributed by atoms with van der Waals surface area (Å²) >= 11 is 0. The number of aromatic nitrogens is 3. The number of hydrogen-bond acceptors (Lipinski definition) is 5. The Kier molecular flexibility index (Phi) is 4.52. The third-order valence-electron chi connectivity index (χ3n) is 4.88. The van der Waals surface area contributed by atoms with Crippen LogP contribution in [0.15, 0.2) is 48.9 Å². The number of rotatable bonds is 4. The number of nitrogens with two attached hydrogens (primary N) is 1. The highest BCUT2D eigenvalue weighted by Gasteiger charge is 2.18. The van der Waals surface area contributed by atoms with Gasteiger partial charge in [0.15, 0.2) is 0 Å². The zero-order valence-electron chi connectivity index (χ0n) is 14.3. The molecule has 0 radical (unpaired) electrons. The summed E-state index contributed by atoms with van der Waals surface area (Å²) in [4.78, 5) is 11.1. The fourth-order valence-corrected chi connectivity index (χ4v) is 3.55. The van der Waals surface area contributed by atoms with Crippen LogP contribution < -0.4 is 11.1 Å². The van der Waals surface area contributed by atoms with E-state index in [1.165, 1.54) is 18.5 Å². The first-order valence-corrected chi connectivity index (χ1v) is 8.89. The average molecular weight is 336 g/mol. The first kappa shape index (κ1) is 15.9. The zero-order chi connectivity index (χ0) is 17.1. The van der Waals surface area contributed by atoms with Gasteiger partial charge in [0, 0.05) is 37.2 Å². The third-order valence-corrected chi connectivity index (χ3v) is 4.88. The van der Waals surface area contributed by atoms with Crippen molar-refractivity contribution in [2.24, 2.45) is 0 Å². The highest BCUT2D eigenvalue weighted by molar-refractivity contribution is 5.46. The minimum Gasteiger partial charge on any atom is -0.384 e. The summed E-state index contributed by atoms with van der Waals surface area (Å²) in [6.45, 7) is 3.18. The number of hydrogen-bond donors (Lipinski definition) is 2. The summed E-state index contributed by atoms with van der Waals surface area (Å²) in [5.74, 6) is 0.561. The summed E-state index contributed by atoms with van der Waals surface area (Å²) in [6.07, 6.45) is 9.22. The minimum absolute atomic E-state index is 0.486. The van der Waals surface area contributed by atoms with E-state index in [0.29, 0.717) is 11.9 Å². The number of nitrogen functional groups attached to an aromatic ring is 1. The molecule has 0 saturated carbocycles. The van der Waals surface area contributed by atoms with Crippen LogP contribution in [0.3, 0.4) is 0 Å². The molecule has 4 heterocycles. The van der Waals surface area contributed by atoms with E-state index in [0.717, 1.165) is 37.4 Å². The number of nitrogens with one attached hydrogen (secondary N) is 1. The van der Waals surface area contributed by atoms with Gasteiger partial charge in [-0.15, -0.1) is 0 Å². The monoisotopic (exact) mass is 336 g/mol. The molecule has 0 amide bonds. The zero-order valence-corrected chi connectivity index (χ0v) is 14.3. The van der Waals surface area contributed by atoms with E-state index in [2.05, 4.69) is 36.7 Å². The van der Waals surface area contributed by atoms with Gasteiger partial charge in [0.1, 0.15) is 11.5 Å². The smallest absolute Gasteiger partial charge is 0.136 e. The Morgan fingerprint density at radius 2 is 2.08 bits per heavy atom. The highest BCUT2D eigenvalue weighted by atomic mass is 15.1. The predicted molar refractivity (Wildman–Crippen MR) is 100 cm³/mol. The van der Waals surface area contributed by atoms with Crippen LogP contribution in [0.1, 0.15) is 25.0 Å². The van der Waals surface area contributed by atoms with Crippen molar-refractivity contribution in [3.8, 4) is 0 Å². The second-order valence-corrected chi connectivity index (χ2v) is 6.69. The molecule has 0 aromatic carbocycles. The van der Waals surface area contributed by atoms with Gasteiger partial charge < -0.3 is 15.5 Å². The van der Waals surface area contributed by atoms with Gasteiger partial charge in [0.2, 0.25) is 0 Å². The van der Waals surface area contributed by atoms with Gasteiger partial charge in [-0.1, -0.05) is 6.07 Å². The Balaban J connectivity index is 1.38. The second-order valence-electron chi connectivity index (χ2n) is 6.69. The van der Waals surface area contributed by atoms with E-state index in [1.807, 2.05) is 36.8 Å². The molecule has 0 aliphatic carbocycles. The minimum atomic E-state index is 0.486. The first-order valence-electron chi connectivity index (χ1n) is 8.89. The number of imidazole rings is 1. The van der Waals surface area contributed by atoms with E-state index < -0.39 is 0 Å². The van der Waals surface area contributed by atoms with Crippen molar-refractivity contribution in [1.29, 1.82) is 0 Å². The summed E-state index contributed by atoms with van der Waals surface area (Å²) in [7, 11) is 0. The van der Waals surface area contributed by atoms with Gasteiger partial charge in [-0.25, -0.2) is 9.97 Å². The van der Waals surface area contributed by atoms with Crippen molar-refractivity contribution >= 4 is 17.2 Å². The Morgan fingerprint density at radius 3 is 2.96 bits per heavy atom. The maximum absolute atomic E-state index is 5.66. The fraction of sp³-hybridized carbons (Fsp3) is 0.368. The SMILES string of the molecule is Nc1ccc(N[C@@H]2CCCN(Cc3cccc4nccn34)CC2)cn1. The Hall–Kier alpha value is -2.60. The molecule has 1 saturated heterocycles. The molecule has 6 nitrogen and oxygen atoms in total. The molecule has 1 fully saturated rings. The molecule has 0 unspecified atom stereocenters. The molecule has 3 aromatic rings. The van der Waals surface area contributed by atoms with Gasteiger partial charge in [-0.05, 0) is 50.1 Å². The van der Waals surface area contributed by atoms with Crippen LogP contribution in [0.4, 0.5) is 11.5 Å². The molecule has 130 valence electrons. The largest absolute Gasteiger partial charge is 0.384 e. The molecule has 0 spiro atoms. The standard InChI is InChI=1S/C19H24N6/c20-18-7-6-16(13-22-18)23-15-3-2-10-24(11-8-15)14-17-4-1-5-19-21-9-12-25(17)19/h1,4-7,9,12-13,15,23H,2-3,8,10-11,14H2,(H2,20,22)/t15-/m1/s1. The molecule has 3 aromatic heterocycles. The maximum Gasteiger partial charge on any atom is 0.136 e. The Bertz CT molecular complexity index is 825. The molecular formula is C19H24N6. The lowest BCUT2D eigenvalue weighted by Crippen LogP contribution is -2.27. The van der Waals surface area contributed by atoms with Crippen LogP contribution in [-0.2, 0) is 6.54 Å². The normalized spacial score (nSPS) is 19.0. The van der Waals surface area contributed by atoms with Crippen LogP contribution in [-0.4, -0.2) is 38.4 Å².